The molecule has 0 amide bonds. The van der Waals surface area contributed by atoms with Crippen molar-refractivity contribution in [2.75, 3.05) is 18.1 Å². The van der Waals surface area contributed by atoms with E-state index in [1.54, 1.807) is 6.92 Å². The number of alkyl halides is 4. The molecule has 2 heterocycles. The van der Waals surface area contributed by atoms with Gasteiger partial charge >= 0.3 is 6.18 Å². The summed E-state index contributed by atoms with van der Waals surface area (Å²) < 4.78 is 71.9. The van der Waals surface area contributed by atoms with Crippen molar-refractivity contribution in [1.82, 2.24) is 10.0 Å². The summed E-state index contributed by atoms with van der Waals surface area (Å²) in [5.74, 6) is 0.446. The summed E-state index contributed by atoms with van der Waals surface area (Å²) in [7, 11) is 0. The normalized spacial score (nSPS) is 25.9. The molecule has 0 unspecified atom stereocenters. The van der Waals surface area contributed by atoms with Crippen LogP contribution < -0.4 is 14.9 Å². The van der Waals surface area contributed by atoms with Crippen LogP contribution in [0.2, 0.25) is 0 Å². The van der Waals surface area contributed by atoms with E-state index in [0.29, 0.717) is 22.9 Å². The molecular formula is C19H23F5N4S. The molecule has 2 fully saturated rings. The molecule has 1 aromatic carbocycles. The van der Waals surface area contributed by atoms with Crippen LogP contribution in [0.5, 0.6) is 0 Å². The minimum Gasteiger partial charge on any atom is -0.358 e. The van der Waals surface area contributed by atoms with Gasteiger partial charge in [-0.2, -0.15) is 13.2 Å². The highest BCUT2D eigenvalue weighted by atomic mass is 32.2. The summed E-state index contributed by atoms with van der Waals surface area (Å²) in [5.41, 5.74) is 0.571. The number of aliphatic imine (C=N–C) groups is 1. The fourth-order valence-electron chi connectivity index (χ4n) is 3.91. The zero-order valence-corrected chi connectivity index (χ0v) is 16.7. The van der Waals surface area contributed by atoms with Crippen molar-refractivity contribution in [3.63, 3.8) is 0 Å². The second kappa shape index (κ2) is 7.94. The third kappa shape index (κ3) is 4.47. The Hall–Kier alpha value is -1.55. The van der Waals surface area contributed by atoms with Gasteiger partial charge in [0.15, 0.2) is 0 Å². The number of benzene rings is 1. The molecule has 1 saturated heterocycles. The molecule has 3 aliphatic rings. The molecule has 0 bridgehead atoms. The number of fused-ring (bicyclic) bond motifs is 1. The first-order valence-electron chi connectivity index (χ1n) is 9.76. The Labute approximate surface area is 170 Å². The average Bonchev–Trinajstić information content (AvgIpc) is 3.51. The van der Waals surface area contributed by atoms with Crippen molar-refractivity contribution in [2.24, 2.45) is 10.9 Å². The minimum atomic E-state index is -4.50. The molecule has 2 aliphatic heterocycles. The van der Waals surface area contributed by atoms with E-state index in [1.807, 2.05) is 0 Å². The molecule has 29 heavy (non-hydrogen) atoms. The van der Waals surface area contributed by atoms with Crippen LogP contribution >= 0.6 is 11.9 Å². The largest absolute Gasteiger partial charge is 0.408 e. The van der Waals surface area contributed by atoms with Crippen LogP contribution in [0.25, 0.3) is 0 Å². The maximum absolute atomic E-state index is 14.2. The molecule has 1 aromatic rings. The Bertz CT molecular complexity index is 796. The number of piperidine rings is 1. The molecule has 2 N–H and O–H groups in total. The van der Waals surface area contributed by atoms with Crippen LogP contribution in [-0.2, 0) is 0 Å². The molecule has 4 nitrogen and oxygen atoms in total. The number of halogens is 5. The van der Waals surface area contributed by atoms with E-state index in [-0.39, 0.29) is 18.7 Å². The van der Waals surface area contributed by atoms with Gasteiger partial charge in [0.1, 0.15) is 30.1 Å². The average molecular weight is 434 g/mol. The summed E-state index contributed by atoms with van der Waals surface area (Å²) in [6.45, 7) is 1.05. The van der Waals surface area contributed by atoms with Gasteiger partial charge in [-0.05, 0) is 56.7 Å². The van der Waals surface area contributed by atoms with Crippen molar-refractivity contribution in [1.29, 1.82) is 0 Å². The second-order valence-corrected chi connectivity index (χ2v) is 8.79. The van der Waals surface area contributed by atoms with Crippen LogP contribution in [0.1, 0.15) is 32.6 Å². The van der Waals surface area contributed by atoms with Gasteiger partial charge in [-0.3, -0.25) is 0 Å². The fraction of sp³-hybridized carbons (Fsp3) is 0.632. The lowest BCUT2D eigenvalue weighted by molar-refractivity contribution is -0.154. The lowest BCUT2D eigenvalue weighted by atomic mass is 9.95. The van der Waals surface area contributed by atoms with Gasteiger partial charge in [0.05, 0.1) is 10.6 Å². The first-order valence-corrected chi connectivity index (χ1v) is 10.6. The summed E-state index contributed by atoms with van der Waals surface area (Å²) in [5, 5.41) is 2.93. The van der Waals surface area contributed by atoms with Crippen molar-refractivity contribution in [2.45, 2.75) is 61.8 Å². The highest BCUT2D eigenvalue weighted by Crippen LogP contribution is 2.46. The zero-order chi connectivity index (χ0) is 20.8. The van der Waals surface area contributed by atoms with E-state index in [4.69, 9.17) is 0 Å². The molecule has 0 aromatic heterocycles. The zero-order valence-electron chi connectivity index (χ0n) is 15.9. The molecule has 10 heteroatoms. The van der Waals surface area contributed by atoms with Crippen molar-refractivity contribution >= 4 is 29.2 Å². The maximum atomic E-state index is 14.2. The molecule has 1 aliphatic carbocycles. The third-order valence-corrected chi connectivity index (χ3v) is 6.37. The van der Waals surface area contributed by atoms with Crippen LogP contribution in [0.15, 0.2) is 22.0 Å². The highest BCUT2D eigenvalue weighted by molar-refractivity contribution is 7.98. The third-order valence-electron chi connectivity index (χ3n) is 5.52. The summed E-state index contributed by atoms with van der Waals surface area (Å²) >= 11 is 1.20. The number of hydrogen-bond donors (Lipinski definition) is 2. The SMILES string of the molecule is C[C@H](CF)N[C@@H]1CCN(c2cc(F)cc3c2N=C(C2CC2)NS3)[C@H](C(F)(F)F)C1. The van der Waals surface area contributed by atoms with Crippen LogP contribution in [-0.4, -0.2) is 43.4 Å². The number of amidine groups is 1. The quantitative estimate of drug-likeness (QED) is 0.520. The van der Waals surface area contributed by atoms with Gasteiger partial charge < -0.3 is 14.9 Å². The van der Waals surface area contributed by atoms with E-state index in [1.165, 1.54) is 22.9 Å². The van der Waals surface area contributed by atoms with Crippen molar-refractivity contribution in [3.05, 3.63) is 17.9 Å². The van der Waals surface area contributed by atoms with Gasteiger partial charge in [-0.15, -0.1) is 0 Å². The number of nitrogens with zero attached hydrogens (tertiary/aromatic N) is 2. The Morgan fingerprint density at radius 2 is 2.07 bits per heavy atom. The summed E-state index contributed by atoms with van der Waals surface area (Å²) in [6.07, 6.45) is -2.32. The lowest BCUT2D eigenvalue weighted by Gasteiger charge is -2.43. The molecule has 160 valence electrons. The second-order valence-electron chi connectivity index (χ2n) is 7.94. The Morgan fingerprint density at radius 1 is 1.31 bits per heavy atom. The molecule has 0 spiro atoms. The molecule has 4 rings (SSSR count). The summed E-state index contributed by atoms with van der Waals surface area (Å²) in [6, 6.07) is -0.296. The highest BCUT2D eigenvalue weighted by Gasteiger charge is 2.48. The standard InChI is InChI=1S/C19H23F5N4S/c1-10(9-20)25-13-4-5-28(16(8-13)19(22,23)24)14-6-12(21)7-15-17(14)26-18(27-29-15)11-2-3-11/h6-7,10-11,13,16,25H,2-5,8-9H2,1H3,(H,26,27)/t10-,13-,16+/m1/s1. The Morgan fingerprint density at radius 3 is 2.72 bits per heavy atom. The van der Waals surface area contributed by atoms with Gasteiger partial charge in [0, 0.05) is 24.5 Å². The lowest BCUT2D eigenvalue weighted by Crippen LogP contribution is -2.56. The van der Waals surface area contributed by atoms with Gasteiger partial charge in [-0.1, -0.05) is 0 Å². The fourth-order valence-corrected chi connectivity index (χ4v) is 4.76. The molecule has 0 radical (unpaired) electrons. The van der Waals surface area contributed by atoms with Crippen molar-refractivity contribution < 1.29 is 22.0 Å². The van der Waals surface area contributed by atoms with Gasteiger partial charge in [0.25, 0.3) is 0 Å². The van der Waals surface area contributed by atoms with Gasteiger partial charge in [-0.25, -0.2) is 13.8 Å². The number of anilines is 1. The van der Waals surface area contributed by atoms with E-state index >= 15 is 0 Å². The van der Waals surface area contributed by atoms with E-state index in [2.05, 4.69) is 15.0 Å². The Balaban J connectivity index is 1.67. The van der Waals surface area contributed by atoms with Crippen molar-refractivity contribution in [3.8, 4) is 0 Å². The van der Waals surface area contributed by atoms with Crippen LogP contribution in [0.3, 0.4) is 0 Å². The number of hydrogen-bond acceptors (Lipinski definition) is 5. The maximum Gasteiger partial charge on any atom is 0.408 e. The molecule has 3 atom stereocenters. The monoisotopic (exact) mass is 434 g/mol. The Kier molecular flexibility index (Phi) is 5.67. The van der Waals surface area contributed by atoms with Crippen LogP contribution in [0.4, 0.5) is 33.3 Å². The topological polar surface area (TPSA) is 39.7 Å². The summed E-state index contributed by atoms with van der Waals surface area (Å²) in [4.78, 5) is 6.27. The smallest absolute Gasteiger partial charge is 0.358 e. The molecule has 1 saturated carbocycles. The predicted octanol–water partition coefficient (Wildman–Crippen LogP) is 4.72. The van der Waals surface area contributed by atoms with E-state index < -0.39 is 36.8 Å². The van der Waals surface area contributed by atoms with Crippen LogP contribution in [0, 0.1) is 11.7 Å². The van der Waals surface area contributed by atoms with Gasteiger partial charge in [0.2, 0.25) is 0 Å². The predicted molar refractivity (Wildman–Crippen MR) is 104 cm³/mol. The number of rotatable bonds is 5. The molecular weight excluding hydrogens is 411 g/mol. The van der Waals surface area contributed by atoms with E-state index in [0.717, 1.165) is 24.7 Å². The first-order chi connectivity index (χ1) is 13.8. The van der Waals surface area contributed by atoms with E-state index in [9.17, 15) is 22.0 Å². The number of nitrogens with one attached hydrogen (secondary N) is 2. The minimum absolute atomic E-state index is 0.0864. The first kappa shape index (κ1) is 20.7.